The zero-order valence-corrected chi connectivity index (χ0v) is 11.0. The van der Waals surface area contributed by atoms with E-state index in [1.54, 1.807) is 0 Å². The van der Waals surface area contributed by atoms with Crippen molar-refractivity contribution in [3.05, 3.63) is 29.6 Å². The van der Waals surface area contributed by atoms with Gasteiger partial charge in [0.1, 0.15) is 5.69 Å². The molecule has 0 saturated carbocycles. The number of aliphatic carboxylic acids is 1. The van der Waals surface area contributed by atoms with E-state index in [9.17, 15) is 18.0 Å². The first kappa shape index (κ1) is 17.7. The smallest absolute Gasteiger partial charge is 0.433 e. The number of pyridine rings is 1. The van der Waals surface area contributed by atoms with Gasteiger partial charge in [0.25, 0.3) is 0 Å². The molecule has 0 radical (unpaired) electrons. The van der Waals surface area contributed by atoms with Crippen molar-refractivity contribution in [2.45, 2.75) is 26.1 Å². The Morgan fingerprint density at radius 1 is 1.37 bits per heavy atom. The third-order valence-corrected chi connectivity index (χ3v) is 2.76. The van der Waals surface area contributed by atoms with Crippen LogP contribution in [0.4, 0.5) is 13.2 Å². The molecule has 0 aliphatic rings. The Labute approximate surface area is 114 Å². The Morgan fingerprint density at radius 2 is 1.89 bits per heavy atom. The molecule has 0 aliphatic carbocycles. The van der Waals surface area contributed by atoms with Crippen molar-refractivity contribution in [2.24, 2.45) is 11.1 Å². The highest BCUT2D eigenvalue weighted by Crippen LogP contribution is 2.33. The number of rotatable bonds is 3. The number of carboxylic acids is 1. The lowest BCUT2D eigenvalue weighted by Crippen LogP contribution is -2.36. The summed E-state index contributed by atoms with van der Waals surface area (Å²) >= 11 is 0. The van der Waals surface area contributed by atoms with Gasteiger partial charge in [-0.25, -0.2) is 0 Å². The quantitative estimate of drug-likeness (QED) is 0.899. The summed E-state index contributed by atoms with van der Waals surface area (Å²) in [6.45, 7) is 2.80. The predicted molar refractivity (Wildman–Crippen MR) is 64.8 cm³/mol. The molecule has 1 aromatic rings. The van der Waals surface area contributed by atoms with E-state index in [2.05, 4.69) is 4.98 Å². The van der Waals surface area contributed by atoms with Crippen LogP contribution < -0.4 is 5.73 Å². The van der Waals surface area contributed by atoms with E-state index in [1.165, 1.54) is 13.8 Å². The highest BCUT2D eigenvalue weighted by molar-refractivity contribution is 5.85. The molecular weight excluding hydrogens is 285 g/mol. The largest absolute Gasteiger partial charge is 0.481 e. The minimum atomic E-state index is -4.52. The molecule has 0 amide bonds. The van der Waals surface area contributed by atoms with E-state index in [4.69, 9.17) is 10.8 Å². The van der Waals surface area contributed by atoms with Crippen LogP contribution in [0, 0.1) is 5.41 Å². The van der Waals surface area contributed by atoms with Gasteiger partial charge in [-0.15, -0.1) is 12.4 Å². The number of hydrogen-bond acceptors (Lipinski definition) is 3. The van der Waals surface area contributed by atoms with E-state index in [0.717, 1.165) is 18.3 Å². The highest BCUT2D eigenvalue weighted by atomic mass is 35.5. The molecule has 108 valence electrons. The zero-order valence-electron chi connectivity index (χ0n) is 10.2. The van der Waals surface area contributed by atoms with Crippen LogP contribution in [0.1, 0.15) is 31.1 Å². The number of nitrogens with zero attached hydrogens (tertiary/aromatic N) is 1. The Balaban J connectivity index is 0.00000324. The lowest BCUT2D eigenvalue weighted by atomic mass is 9.81. The van der Waals surface area contributed by atoms with Crippen LogP contribution >= 0.6 is 12.4 Å². The van der Waals surface area contributed by atoms with E-state index in [0.29, 0.717) is 0 Å². The molecule has 19 heavy (non-hydrogen) atoms. The molecule has 1 atom stereocenters. The van der Waals surface area contributed by atoms with Crippen molar-refractivity contribution in [1.82, 2.24) is 4.98 Å². The number of hydrogen-bond donors (Lipinski definition) is 2. The van der Waals surface area contributed by atoms with Crippen molar-refractivity contribution in [2.75, 3.05) is 0 Å². The van der Waals surface area contributed by atoms with Crippen LogP contribution in [-0.2, 0) is 11.0 Å². The lowest BCUT2D eigenvalue weighted by molar-refractivity contribution is -0.148. The third-order valence-electron chi connectivity index (χ3n) is 2.76. The van der Waals surface area contributed by atoms with E-state index in [1.807, 2.05) is 0 Å². The number of carboxylic acid groups (broad SMARTS) is 1. The molecular formula is C11H14ClF3N2O2. The van der Waals surface area contributed by atoms with Gasteiger partial charge >= 0.3 is 12.1 Å². The van der Waals surface area contributed by atoms with Crippen LogP contribution in [0.3, 0.4) is 0 Å². The van der Waals surface area contributed by atoms with Gasteiger partial charge in [0.15, 0.2) is 0 Å². The number of alkyl halides is 3. The van der Waals surface area contributed by atoms with Crippen LogP contribution in [0.15, 0.2) is 18.3 Å². The second kappa shape index (κ2) is 5.75. The van der Waals surface area contributed by atoms with Crippen molar-refractivity contribution in [3.63, 3.8) is 0 Å². The topological polar surface area (TPSA) is 76.2 Å². The van der Waals surface area contributed by atoms with Gasteiger partial charge < -0.3 is 10.8 Å². The van der Waals surface area contributed by atoms with Crippen LogP contribution in [0.25, 0.3) is 0 Å². The van der Waals surface area contributed by atoms with Gasteiger partial charge in [-0.3, -0.25) is 9.78 Å². The number of carbonyl (C=O) groups is 1. The van der Waals surface area contributed by atoms with Gasteiger partial charge in [0.05, 0.1) is 5.41 Å². The maximum atomic E-state index is 12.3. The number of aromatic nitrogens is 1. The Morgan fingerprint density at radius 3 is 2.21 bits per heavy atom. The SMILES string of the molecule is CC(C)(C(=O)O)C(N)c1ccc(C(F)(F)F)nc1.Cl. The fourth-order valence-electron chi connectivity index (χ4n) is 1.31. The third kappa shape index (κ3) is 3.81. The summed E-state index contributed by atoms with van der Waals surface area (Å²) in [6.07, 6.45) is -3.57. The van der Waals surface area contributed by atoms with Crippen LogP contribution in [-0.4, -0.2) is 16.1 Å². The predicted octanol–water partition coefficient (Wildman–Crippen LogP) is 2.63. The minimum Gasteiger partial charge on any atom is -0.481 e. The van der Waals surface area contributed by atoms with E-state index in [-0.39, 0.29) is 18.0 Å². The van der Waals surface area contributed by atoms with Gasteiger partial charge in [0.2, 0.25) is 0 Å². The summed E-state index contributed by atoms with van der Waals surface area (Å²) in [5, 5.41) is 8.98. The minimum absolute atomic E-state index is 0. The fourth-order valence-corrected chi connectivity index (χ4v) is 1.31. The highest BCUT2D eigenvalue weighted by Gasteiger charge is 2.37. The molecule has 0 spiro atoms. The van der Waals surface area contributed by atoms with Gasteiger partial charge in [0, 0.05) is 12.2 Å². The molecule has 0 fully saturated rings. The summed E-state index contributed by atoms with van der Waals surface area (Å²) in [5.74, 6) is -1.13. The van der Waals surface area contributed by atoms with Crippen LogP contribution in [0.2, 0.25) is 0 Å². The Hall–Kier alpha value is -1.34. The van der Waals surface area contributed by atoms with E-state index >= 15 is 0 Å². The molecule has 8 heteroatoms. The summed E-state index contributed by atoms with van der Waals surface area (Å²) in [7, 11) is 0. The monoisotopic (exact) mass is 298 g/mol. The summed E-state index contributed by atoms with van der Waals surface area (Å²) in [5.41, 5.74) is 3.65. The van der Waals surface area contributed by atoms with Crippen molar-refractivity contribution in [3.8, 4) is 0 Å². The van der Waals surface area contributed by atoms with Gasteiger partial charge in [-0.05, 0) is 25.5 Å². The first-order chi connectivity index (χ1) is 8.06. The molecule has 1 rings (SSSR count). The zero-order chi connectivity index (χ0) is 14.1. The van der Waals surface area contributed by atoms with Crippen molar-refractivity contribution in [1.29, 1.82) is 0 Å². The number of halogens is 4. The Bertz CT molecular complexity index is 446. The first-order valence-electron chi connectivity index (χ1n) is 5.09. The molecule has 0 bridgehead atoms. The van der Waals surface area contributed by atoms with E-state index < -0.39 is 29.3 Å². The van der Waals surface area contributed by atoms with Gasteiger partial charge in [-0.1, -0.05) is 6.07 Å². The molecule has 0 aromatic carbocycles. The standard InChI is InChI=1S/C11H13F3N2O2.ClH/c1-10(2,9(17)18)8(15)6-3-4-7(16-5-6)11(12,13)14;/h3-5,8H,15H2,1-2H3,(H,17,18);1H. The second-order valence-corrected chi connectivity index (χ2v) is 4.48. The van der Waals surface area contributed by atoms with Crippen molar-refractivity contribution >= 4 is 18.4 Å². The Kier molecular flexibility index (Phi) is 5.34. The first-order valence-corrected chi connectivity index (χ1v) is 5.09. The lowest BCUT2D eigenvalue weighted by Gasteiger charge is -2.27. The average molecular weight is 299 g/mol. The molecule has 0 aliphatic heterocycles. The molecule has 4 nitrogen and oxygen atoms in total. The molecule has 3 N–H and O–H groups in total. The maximum Gasteiger partial charge on any atom is 0.433 e. The van der Waals surface area contributed by atoms with Gasteiger partial charge in [-0.2, -0.15) is 13.2 Å². The fraction of sp³-hybridized carbons (Fsp3) is 0.455. The molecule has 1 heterocycles. The molecule has 1 unspecified atom stereocenters. The maximum absolute atomic E-state index is 12.3. The summed E-state index contributed by atoms with van der Waals surface area (Å²) in [4.78, 5) is 14.2. The summed E-state index contributed by atoms with van der Waals surface area (Å²) in [6, 6.07) is 0.989. The second-order valence-electron chi connectivity index (χ2n) is 4.48. The normalized spacial score (nSPS) is 13.6. The summed E-state index contributed by atoms with van der Waals surface area (Å²) < 4.78 is 36.9. The molecule has 0 saturated heterocycles. The molecule has 1 aromatic heterocycles. The number of nitrogens with two attached hydrogens (primary N) is 1. The van der Waals surface area contributed by atoms with Crippen molar-refractivity contribution < 1.29 is 23.1 Å². The average Bonchev–Trinajstić information content (AvgIpc) is 2.26. The van der Waals surface area contributed by atoms with Crippen LogP contribution in [0.5, 0.6) is 0 Å².